The molecule has 2 aliphatic heterocycles. The summed E-state index contributed by atoms with van der Waals surface area (Å²) in [5.41, 5.74) is 5.61. The molecule has 7 heteroatoms. The van der Waals surface area contributed by atoms with Crippen molar-refractivity contribution in [1.82, 2.24) is 9.88 Å². The van der Waals surface area contributed by atoms with Gasteiger partial charge in [0.15, 0.2) is 0 Å². The summed E-state index contributed by atoms with van der Waals surface area (Å²) in [6.07, 6.45) is 2.09. The molecular formula is C27H27N5O2. The predicted molar refractivity (Wildman–Crippen MR) is 133 cm³/mol. The number of hydrogen-bond donors (Lipinski definition) is 1. The molecule has 1 fully saturated rings. The summed E-state index contributed by atoms with van der Waals surface area (Å²) in [5, 5.41) is 15.9. The average molecular weight is 454 g/mol. The average Bonchev–Trinajstić information content (AvgIpc) is 2.84. The Bertz CT molecular complexity index is 1330. The molecule has 172 valence electrons. The van der Waals surface area contributed by atoms with E-state index in [0.29, 0.717) is 31.1 Å². The number of hydrogen-bond acceptors (Lipinski definition) is 6. The normalized spacial score (nSPS) is 15.3. The minimum absolute atomic E-state index is 0.0750. The first-order valence-electron chi connectivity index (χ1n) is 11.4. The molecule has 0 aliphatic carbocycles. The van der Waals surface area contributed by atoms with Crippen LogP contribution in [0.1, 0.15) is 22.4 Å². The van der Waals surface area contributed by atoms with Crippen molar-refractivity contribution >= 4 is 28.1 Å². The standard InChI is InChI=1S/C27H27N5O2/c1-4-24(33)32-14-19(15-32)29-26-20-11-12-31(16-22(20)30-27(34-3)21(26)13-28)23-10-6-9-18-8-5-7-17(2)25(18)23/h4-10,19H,1,11-12,14-16H2,2-3H3,(H,29,30). The minimum Gasteiger partial charge on any atom is -0.480 e. The second-order valence-corrected chi connectivity index (χ2v) is 8.82. The van der Waals surface area contributed by atoms with Crippen molar-refractivity contribution in [3.8, 4) is 11.9 Å². The van der Waals surface area contributed by atoms with E-state index >= 15 is 0 Å². The highest BCUT2D eigenvalue weighted by atomic mass is 16.5. The number of carbonyl (C=O) groups excluding carboxylic acids is 1. The third-order valence-corrected chi connectivity index (χ3v) is 6.78. The van der Waals surface area contributed by atoms with Crippen LogP contribution in [0.15, 0.2) is 49.1 Å². The van der Waals surface area contributed by atoms with Crippen LogP contribution in [0, 0.1) is 18.3 Å². The van der Waals surface area contributed by atoms with Crippen LogP contribution < -0.4 is 15.0 Å². The van der Waals surface area contributed by atoms with Gasteiger partial charge in [0, 0.05) is 36.3 Å². The molecule has 0 spiro atoms. The summed E-state index contributed by atoms with van der Waals surface area (Å²) in [5.74, 6) is 0.256. The Labute approximate surface area is 199 Å². The topological polar surface area (TPSA) is 81.5 Å². The van der Waals surface area contributed by atoms with Crippen molar-refractivity contribution in [3.63, 3.8) is 0 Å². The second-order valence-electron chi connectivity index (χ2n) is 8.82. The highest BCUT2D eigenvalue weighted by Gasteiger charge is 2.33. The van der Waals surface area contributed by atoms with Gasteiger partial charge in [-0.05, 0) is 36.4 Å². The van der Waals surface area contributed by atoms with Crippen LogP contribution in [-0.4, -0.2) is 48.6 Å². The molecule has 34 heavy (non-hydrogen) atoms. The zero-order valence-corrected chi connectivity index (χ0v) is 19.5. The first-order valence-corrected chi connectivity index (χ1v) is 11.4. The summed E-state index contributed by atoms with van der Waals surface area (Å²) in [6, 6.07) is 15.1. The lowest BCUT2D eigenvalue weighted by Crippen LogP contribution is -2.56. The molecule has 5 rings (SSSR count). The number of amides is 1. The molecule has 1 amide bonds. The smallest absolute Gasteiger partial charge is 0.246 e. The number of nitrogens with one attached hydrogen (secondary N) is 1. The molecule has 0 unspecified atom stereocenters. The Kier molecular flexibility index (Phi) is 5.58. The van der Waals surface area contributed by atoms with Crippen LogP contribution in [0.25, 0.3) is 10.8 Å². The molecule has 2 aromatic carbocycles. The molecule has 3 heterocycles. The quantitative estimate of drug-likeness (QED) is 0.592. The van der Waals surface area contributed by atoms with Crippen molar-refractivity contribution < 1.29 is 9.53 Å². The number of pyridine rings is 1. The first-order chi connectivity index (χ1) is 16.5. The Morgan fingerprint density at radius 1 is 1.29 bits per heavy atom. The molecule has 0 bridgehead atoms. The maximum Gasteiger partial charge on any atom is 0.246 e. The van der Waals surface area contributed by atoms with Crippen molar-refractivity contribution in [2.24, 2.45) is 0 Å². The lowest BCUT2D eigenvalue weighted by Gasteiger charge is -2.40. The molecule has 2 aliphatic rings. The Hall–Kier alpha value is -4.05. The highest BCUT2D eigenvalue weighted by Crippen LogP contribution is 2.38. The highest BCUT2D eigenvalue weighted by molar-refractivity contribution is 5.97. The Morgan fingerprint density at radius 3 is 2.76 bits per heavy atom. The zero-order chi connectivity index (χ0) is 23.8. The number of likely N-dealkylation sites (tertiary alicyclic amines) is 1. The predicted octanol–water partition coefficient (Wildman–Crippen LogP) is 3.79. The summed E-state index contributed by atoms with van der Waals surface area (Å²) in [4.78, 5) is 20.7. The molecule has 1 aromatic heterocycles. The van der Waals surface area contributed by atoms with E-state index in [0.717, 1.165) is 29.9 Å². The Balaban J connectivity index is 1.49. The van der Waals surface area contributed by atoms with Gasteiger partial charge in [-0.25, -0.2) is 4.98 Å². The van der Waals surface area contributed by atoms with Gasteiger partial charge in [0.2, 0.25) is 11.8 Å². The van der Waals surface area contributed by atoms with E-state index < -0.39 is 0 Å². The minimum atomic E-state index is -0.0751. The third kappa shape index (κ3) is 3.61. The molecule has 7 nitrogen and oxygen atoms in total. The number of nitriles is 1. The van der Waals surface area contributed by atoms with E-state index in [9.17, 15) is 10.1 Å². The van der Waals surface area contributed by atoms with Gasteiger partial charge in [-0.3, -0.25) is 4.79 Å². The molecule has 3 aromatic rings. The summed E-state index contributed by atoms with van der Waals surface area (Å²) >= 11 is 0. The molecule has 0 radical (unpaired) electrons. The van der Waals surface area contributed by atoms with E-state index in [1.54, 1.807) is 12.0 Å². The number of aryl methyl sites for hydroxylation is 1. The number of nitrogens with zero attached hydrogens (tertiary/aromatic N) is 4. The summed E-state index contributed by atoms with van der Waals surface area (Å²) in [7, 11) is 1.54. The second kappa shape index (κ2) is 8.71. The van der Waals surface area contributed by atoms with Crippen LogP contribution in [0.5, 0.6) is 5.88 Å². The van der Waals surface area contributed by atoms with Gasteiger partial charge < -0.3 is 19.9 Å². The molecule has 1 N–H and O–H groups in total. The molecule has 1 saturated heterocycles. The summed E-state index contributed by atoms with van der Waals surface area (Å²) < 4.78 is 5.51. The van der Waals surface area contributed by atoms with Crippen molar-refractivity contribution in [1.29, 1.82) is 5.26 Å². The van der Waals surface area contributed by atoms with E-state index in [1.807, 2.05) is 0 Å². The van der Waals surface area contributed by atoms with Gasteiger partial charge in [0.25, 0.3) is 0 Å². The van der Waals surface area contributed by atoms with Crippen molar-refractivity contribution in [2.45, 2.75) is 25.9 Å². The first kappa shape index (κ1) is 21.8. The Morgan fingerprint density at radius 2 is 2.06 bits per heavy atom. The van der Waals surface area contributed by atoms with Crippen molar-refractivity contribution in [2.75, 3.05) is 37.0 Å². The van der Waals surface area contributed by atoms with Gasteiger partial charge in [0.1, 0.15) is 11.6 Å². The lowest BCUT2D eigenvalue weighted by molar-refractivity contribution is -0.129. The maximum absolute atomic E-state index is 11.8. The molecule has 0 saturated carbocycles. The maximum atomic E-state index is 11.8. The van der Waals surface area contributed by atoms with E-state index in [1.165, 1.54) is 28.1 Å². The van der Waals surface area contributed by atoms with Crippen molar-refractivity contribution in [3.05, 3.63) is 71.4 Å². The summed E-state index contributed by atoms with van der Waals surface area (Å²) in [6.45, 7) is 8.31. The fourth-order valence-corrected chi connectivity index (χ4v) is 5.02. The number of aromatic nitrogens is 1. The SMILES string of the molecule is C=CC(=O)N1CC(Nc2c(C#N)c(OC)nc3c2CCN(c2cccc4cccc(C)c24)C3)C1. The number of carbonyl (C=O) groups is 1. The van der Waals surface area contributed by atoms with Gasteiger partial charge in [-0.2, -0.15) is 5.26 Å². The largest absolute Gasteiger partial charge is 0.480 e. The van der Waals surface area contributed by atoms with Gasteiger partial charge in [-0.15, -0.1) is 0 Å². The zero-order valence-electron chi connectivity index (χ0n) is 19.5. The van der Waals surface area contributed by atoms with Crippen LogP contribution >= 0.6 is 0 Å². The number of methoxy groups -OCH3 is 1. The van der Waals surface area contributed by atoms with Crippen LogP contribution in [-0.2, 0) is 17.8 Å². The number of fused-ring (bicyclic) bond motifs is 2. The molecule has 0 atom stereocenters. The van der Waals surface area contributed by atoms with E-state index in [-0.39, 0.29) is 11.9 Å². The van der Waals surface area contributed by atoms with Gasteiger partial charge in [-0.1, -0.05) is 36.9 Å². The third-order valence-electron chi connectivity index (χ3n) is 6.78. The van der Waals surface area contributed by atoms with Crippen LogP contribution in [0.2, 0.25) is 0 Å². The van der Waals surface area contributed by atoms with E-state index in [4.69, 9.17) is 9.72 Å². The number of anilines is 2. The van der Waals surface area contributed by atoms with Gasteiger partial charge >= 0.3 is 0 Å². The van der Waals surface area contributed by atoms with Gasteiger partial charge in [0.05, 0.1) is 31.1 Å². The number of ether oxygens (including phenoxy) is 1. The number of benzene rings is 2. The number of rotatable bonds is 5. The van der Waals surface area contributed by atoms with Crippen LogP contribution in [0.4, 0.5) is 11.4 Å². The lowest BCUT2D eigenvalue weighted by atomic mass is 9.96. The fourth-order valence-electron chi connectivity index (χ4n) is 5.02. The van der Waals surface area contributed by atoms with Crippen LogP contribution in [0.3, 0.4) is 0 Å². The monoisotopic (exact) mass is 453 g/mol. The molecular weight excluding hydrogens is 426 g/mol. The fraction of sp³-hybridized carbons (Fsp3) is 0.296. The van der Waals surface area contributed by atoms with E-state index in [2.05, 4.69) is 66.2 Å².